The summed E-state index contributed by atoms with van der Waals surface area (Å²) in [7, 11) is 1.84. The molecule has 4 aromatic rings. The van der Waals surface area contributed by atoms with Crippen LogP contribution in [0.5, 0.6) is 0 Å². The summed E-state index contributed by atoms with van der Waals surface area (Å²) < 4.78 is 42.4. The molecule has 0 spiro atoms. The molecule has 1 N–H and O–H groups in total. The maximum absolute atomic E-state index is 14.1. The maximum atomic E-state index is 14.1. The van der Waals surface area contributed by atoms with Gasteiger partial charge in [-0.05, 0) is 76.0 Å². The highest BCUT2D eigenvalue weighted by molar-refractivity contribution is 5.88. The number of hydrogen-bond acceptors (Lipinski definition) is 5. The van der Waals surface area contributed by atoms with E-state index >= 15 is 0 Å². The Labute approximate surface area is 256 Å². The number of nitrogens with zero attached hydrogens (tertiary/aromatic N) is 4. The molecule has 1 fully saturated rings. The van der Waals surface area contributed by atoms with Crippen molar-refractivity contribution in [3.8, 4) is 11.1 Å². The topological polar surface area (TPSA) is 51.7 Å². The van der Waals surface area contributed by atoms with Gasteiger partial charge in [0.2, 0.25) is 5.91 Å². The molecule has 6 nitrogen and oxygen atoms in total. The molecule has 0 atom stereocenters. The molecule has 0 bridgehead atoms. The Morgan fingerprint density at radius 1 is 0.864 bits per heavy atom. The molecule has 9 heteroatoms. The molecule has 2 aliphatic rings. The normalized spacial score (nSPS) is 16.2. The van der Waals surface area contributed by atoms with Crippen molar-refractivity contribution in [2.75, 3.05) is 51.6 Å². The summed E-state index contributed by atoms with van der Waals surface area (Å²) in [6.45, 7) is 7.53. The van der Waals surface area contributed by atoms with Crippen molar-refractivity contribution in [3.63, 3.8) is 0 Å². The number of aromatic nitrogens is 1. The number of nitrogens with one attached hydrogen (secondary N) is 1. The van der Waals surface area contributed by atoms with Crippen LogP contribution >= 0.6 is 0 Å². The van der Waals surface area contributed by atoms with Gasteiger partial charge in [0.25, 0.3) is 0 Å². The van der Waals surface area contributed by atoms with Gasteiger partial charge in [-0.1, -0.05) is 43.3 Å². The predicted octanol–water partition coefficient (Wildman–Crippen LogP) is 6.23. The highest BCUT2D eigenvalue weighted by atomic mass is 19.4. The molecule has 3 aromatic carbocycles. The largest absolute Gasteiger partial charge is 0.416 e. The van der Waals surface area contributed by atoms with E-state index in [1.807, 2.05) is 19.3 Å². The maximum Gasteiger partial charge on any atom is 0.416 e. The van der Waals surface area contributed by atoms with Crippen molar-refractivity contribution >= 4 is 22.5 Å². The predicted molar refractivity (Wildman–Crippen MR) is 168 cm³/mol. The van der Waals surface area contributed by atoms with Crippen molar-refractivity contribution in [3.05, 3.63) is 94.7 Å². The summed E-state index contributed by atoms with van der Waals surface area (Å²) in [5.74, 6) is 0.658. The van der Waals surface area contributed by atoms with Gasteiger partial charge in [0.05, 0.1) is 12.0 Å². The van der Waals surface area contributed by atoms with E-state index in [1.165, 1.54) is 11.6 Å². The molecule has 6 rings (SSSR count). The van der Waals surface area contributed by atoms with Gasteiger partial charge >= 0.3 is 6.18 Å². The minimum absolute atomic E-state index is 0.0557. The quantitative estimate of drug-likeness (QED) is 0.272. The first kappa shape index (κ1) is 30.1. The van der Waals surface area contributed by atoms with Crippen LogP contribution in [0.4, 0.5) is 19.0 Å². The summed E-state index contributed by atoms with van der Waals surface area (Å²) in [6.07, 6.45) is -1.96. The van der Waals surface area contributed by atoms with E-state index < -0.39 is 11.7 Å². The Balaban J connectivity index is 1.15. The van der Waals surface area contributed by atoms with E-state index in [4.69, 9.17) is 0 Å². The van der Waals surface area contributed by atoms with Gasteiger partial charge in [-0.2, -0.15) is 13.2 Å². The minimum atomic E-state index is -4.48. The van der Waals surface area contributed by atoms with Crippen molar-refractivity contribution in [2.24, 2.45) is 0 Å². The lowest BCUT2D eigenvalue weighted by atomic mass is 9.93. The van der Waals surface area contributed by atoms with Crippen LogP contribution in [0.2, 0.25) is 0 Å². The Bertz CT molecular complexity index is 1660. The van der Waals surface area contributed by atoms with Gasteiger partial charge in [-0.15, -0.1) is 0 Å². The standard InChI is InChI=1S/C35H38F3N5O/c1-3-41-12-14-42(15-13-41)22-29-5-4-24(16-32(29)35(36,37)38)17-34(44)43-11-10-25-6-7-27(19-31(25)23-43)26-8-9-28-20-33(39-2)40-21-30(28)18-26/h4-9,16,18-21H,3,10-15,17,22-23H2,1-2H3,(H,39,40). The smallest absolute Gasteiger partial charge is 0.373 e. The highest BCUT2D eigenvalue weighted by Gasteiger charge is 2.34. The third kappa shape index (κ3) is 6.59. The molecule has 2 aliphatic heterocycles. The molecule has 3 heterocycles. The number of likely N-dealkylation sites (N-methyl/N-ethyl adjacent to an activating group) is 1. The highest BCUT2D eigenvalue weighted by Crippen LogP contribution is 2.34. The van der Waals surface area contributed by atoms with Gasteiger partial charge in [-0.3, -0.25) is 9.69 Å². The number of pyridine rings is 1. The number of halogens is 3. The van der Waals surface area contributed by atoms with Crippen LogP contribution in [0.25, 0.3) is 21.9 Å². The number of rotatable bonds is 7. The molecular weight excluding hydrogens is 563 g/mol. The number of piperazine rings is 1. The number of alkyl halides is 3. The van der Waals surface area contributed by atoms with Crippen LogP contribution in [0.3, 0.4) is 0 Å². The van der Waals surface area contributed by atoms with Crippen molar-refractivity contribution in [1.29, 1.82) is 0 Å². The van der Waals surface area contributed by atoms with Crippen LogP contribution in [-0.2, 0) is 36.9 Å². The first-order valence-corrected chi connectivity index (χ1v) is 15.3. The van der Waals surface area contributed by atoms with Crippen LogP contribution < -0.4 is 5.32 Å². The lowest BCUT2D eigenvalue weighted by molar-refractivity contribution is -0.138. The average molecular weight is 602 g/mol. The summed E-state index contributed by atoms with van der Waals surface area (Å²) in [5, 5.41) is 5.20. The number of carbonyl (C=O) groups excluding carboxylic acids is 1. The molecule has 44 heavy (non-hydrogen) atoms. The summed E-state index contributed by atoms with van der Waals surface area (Å²) in [4.78, 5) is 23.9. The van der Waals surface area contributed by atoms with Crippen LogP contribution in [0, 0.1) is 0 Å². The molecule has 0 radical (unpaired) electrons. The summed E-state index contributed by atoms with van der Waals surface area (Å²) in [6, 6.07) is 19.1. The fourth-order valence-corrected chi connectivity index (χ4v) is 6.33. The first-order valence-electron chi connectivity index (χ1n) is 15.3. The molecule has 1 amide bonds. The third-order valence-electron chi connectivity index (χ3n) is 9.02. The molecule has 0 saturated carbocycles. The Kier molecular flexibility index (Phi) is 8.60. The second kappa shape index (κ2) is 12.6. The number of fused-ring (bicyclic) bond motifs is 2. The number of anilines is 1. The number of benzene rings is 3. The number of amides is 1. The lowest BCUT2D eigenvalue weighted by Crippen LogP contribution is -2.45. The first-order chi connectivity index (χ1) is 21.2. The van der Waals surface area contributed by atoms with E-state index in [2.05, 4.69) is 63.4 Å². The SMILES string of the molecule is CCN1CCN(Cc2ccc(CC(=O)N3CCc4ccc(-c5ccc6cc(NC)ncc6c5)cc4C3)cc2C(F)(F)F)CC1. The second-order valence-corrected chi connectivity index (χ2v) is 11.8. The summed E-state index contributed by atoms with van der Waals surface area (Å²) in [5.41, 5.74) is 4.41. The molecule has 1 aromatic heterocycles. The van der Waals surface area contributed by atoms with Crippen molar-refractivity contribution in [2.45, 2.75) is 39.0 Å². The van der Waals surface area contributed by atoms with E-state index in [-0.39, 0.29) is 24.4 Å². The van der Waals surface area contributed by atoms with Crippen LogP contribution in [0.15, 0.2) is 66.9 Å². The van der Waals surface area contributed by atoms with Gasteiger partial charge in [0.1, 0.15) is 5.82 Å². The Hall–Kier alpha value is -3.95. The Morgan fingerprint density at radius 3 is 2.36 bits per heavy atom. The van der Waals surface area contributed by atoms with Gasteiger partial charge in [0, 0.05) is 64.4 Å². The second-order valence-electron chi connectivity index (χ2n) is 11.8. The minimum Gasteiger partial charge on any atom is -0.373 e. The molecule has 230 valence electrons. The van der Waals surface area contributed by atoms with Gasteiger partial charge in [0.15, 0.2) is 0 Å². The fraction of sp³-hybridized carbons (Fsp3) is 0.371. The monoisotopic (exact) mass is 601 g/mol. The fourth-order valence-electron chi connectivity index (χ4n) is 6.33. The van der Waals surface area contributed by atoms with E-state index in [0.29, 0.717) is 25.1 Å². The van der Waals surface area contributed by atoms with Crippen LogP contribution in [-0.4, -0.2) is 71.9 Å². The zero-order valence-electron chi connectivity index (χ0n) is 25.3. The molecule has 0 unspecified atom stereocenters. The van der Waals surface area contributed by atoms with Gasteiger partial charge < -0.3 is 15.1 Å². The molecule has 0 aliphatic carbocycles. The zero-order valence-corrected chi connectivity index (χ0v) is 25.3. The number of hydrogen-bond donors (Lipinski definition) is 1. The van der Waals surface area contributed by atoms with E-state index in [9.17, 15) is 18.0 Å². The van der Waals surface area contributed by atoms with Crippen molar-refractivity contribution < 1.29 is 18.0 Å². The van der Waals surface area contributed by atoms with Crippen LogP contribution in [0.1, 0.15) is 34.7 Å². The average Bonchev–Trinajstić information content (AvgIpc) is 3.04. The molecule has 1 saturated heterocycles. The number of carbonyl (C=O) groups is 1. The lowest BCUT2D eigenvalue weighted by Gasteiger charge is -2.34. The van der Waals surface area contributed by atoms with Gasteiger partial charge in [-0.25, -0.2) is 4.98 Å². The van der Waals surface area contributed by atoms with E-state index in [0.717, 1.165) is 66.0 Å². The summed E-state index contributed by atoms with van der Waals surface area (Å²) >= 11 is 0. The molecular formula is C35H38F3N5O. The third-order valence-corrected chi connectivity index (χ3v) is 9.02. The van der Waals surface area contributed by atoms with E-state index in [1.54, 1.807) is 17.0 Å². The van der Waals surface area contributed by atoms with Crippen molar-refractivity contribution in [1.82, 2.24) is 19.7 Å². The Morgan fingerprint density at radius 2 is 1.61 bits per heavy atom. The zero-order chi connectivity index (χ0) is 30.8.